The number of benzene rings is 2. The molecule has 0 atom stereocenters. The van der Waals surface area contributed by atoms with Gasteiger partial charge in [0.1, 0.15) is 18.1 Å². The second-order valence-corrected chi connectivity index (χ2v) is 5.02. The van der Waals surface area contributed by atoms with Crippen LogP contribution in [0.15, 0.2) is 66.4 Å². The van der Waals surface area contributed by atoms with Gasteiger partial charge in [-0.3, -0.25) is 9.69 Å². The summed E-state index contributed by atoms with van der Waals surface area (Å²) in [5.74, 6) is 0.370. The van der Waals surface area contributed by atoms with Crippen LogP contribution in [-0.2, 0) is 4.79 Å². The summed E-state index contributed by atoms with van der Waals surface area (Å²) in [4.78, 5) is 25.4. The predicted molar refractivity (Wildman–Crippen MR) is 86.6 cm³/mol. The van der Waals surface area contributed by atoms with Gasteiger partial charge in [-0.05, 0) is 23.8 Å². The number of carbonyl (C=O) groups excluding carboxylic acids is 2. The van der Waals surface area contributed by atoms with Gasteiger partial charge in [0.2, 0.25) is 0 Å². The number of rotatable bonds is 5. The third-order valence-electron chi connectivity index (χ3n) is 3.40. The molecule has 1 aliphatic heterocycles. The van der Waals surface area contributed by atoms with Crippen LogP contribution in [0.1, 0.15) is 5.56 Å². The maximum atomic E-state index is 12.3. The van der Waals surface area contributed by atoms with E-state index in [4.69, 9.17) is 4.74 Å². The number of nitrogens with zero attached hydrogens (tertiary/aromatic N) is 1. The van der Waals surface area contributed by atoms with E-state index in [0.29, 0.717) is 5.75 Å². The average Bonchev–Trinajstić information content (AvgIpc) is 2.84. The molecule has 1 saturated heterocycles. The van der Waals surface area contributed by atoms with Crippen LogP contribution in [0, 0.1) is 0 Å². The van der Waals surface area contributed by atoms with Gasteiger partial charge in [-0.2, -0.15) is 0 Å². The highest BCUT2D eigenvalue weighted by Crippen LogP contribution is 2.14. The molecule has 1 aliphatic rings. The standard InChI is InChI=1S/C18H16N2O3/c21-17-16(13-14-7-3-1-4-8-14)19-18(22)20(17)11-12-23-15-9-5-2-6-10-15/h1-10,13H,11-12H2,(H,19,22)/b16-13-. The summed E-state index contributed by atoms with van der Waals surface area (Å²) in [7, 11) is 0. The van der Waals surface area contributed by atoms with E-state index >= 15 is 0 Å². The number of hydrogen-bond donors (Lipinski definition) is 1. The van der Waals surface area contributed by atoms with Gasteiger partial charge in [0.25, 0.3) is 5.91 Å². The van der Waals surface area contributed by atoms with Gasteiger partial charge in [0.15, 0.2) is 0 Å². The second-order valence-electron chi connectivity index (χ2n) is 5.02. The molecule has 5 heteroatoms. The zero-order valence-corrected chi connectivity index (χ0v) is 12.4. The molecule has 1 N–H and O–H groups in total. The molecule has 1 fully saturated rings. The quantitative estimate of drug-likeness (QED) is 0.682. The Balaban J connectivity index is 1.62. The molecule has 0 aromatic heterocycles. The van der Waals surface area contributed by atoms with Crippen molar-refractivity contribution in [3.05, 3.63) is 71.9 Å². The first kappa shape index (κ1) is 14.8. The Hall–Kier alpha value is -3.08. The van der Waals surface area contributed by atoms with E-state index in [1.807, 2.05) is 60.7 Å². The third-order valence-corrected chi connectivity index (χ3v) is 3.40. The number of ether oxygens (including phenoxy) is 1. The Labute approximate surface area is 134 Å². The van der Waals surface area contributed by atoms with Crippen LogP contribution in [0.4, 0.5) is 4.79 Å². The molecule has 0 saturated carbocycles. The van der Waals surface area contributed by atoms with Crippen LogP contribution in [-0.4, -0.2) is 30.0 Å². The summed E-state index contributed by atoms with van der Waals surface area (Å²) in [5.41, 5.74) is 1.14. The molecule has 0 spiro atoms. The van der Waals surface area contributed by atoms with Crippen molar-refractivity contribution in [1.29, 1.82) is 0 Å². The van der Waals surface area contributed by atoms with E-state index in [1.54, 1.807) is 6.08 Å². The summed E-state index contributed by atoms with van der Waals surface area (Å²) in [6.45, 7) is 0.452. The lowest BCUT2D eigenvalue weighted by molar-refractivity contribution is -0.123. The fourth-order valence-corrected chi connectivity index (χ4v) is 2.26. The van der Waals surface area contributed by atoms with Crippen LogP contribution >= 0.6 is 0 Å². The maximum absolute atomic E-state index is 12.3. The van der Waals surface area contributed by atoms with Crippen molar-refractivity contribution in [1.82, 2.24) is 10.2 Å². The minimum atomic E-state index is -0.422. The minimum Gasteiger partial charge on any atom is -0.492 e. The van der Waals surface area contributed by atoms with Crippen LogP contribution in [0.3, 0.4) is 0 Å². The monoisotopic (exact) mass is 308 g/mol. The molecule has 116 valence electrons. The summed E-state index contributed by atoms with van der Waals surface area (Å²) >= 11 is 0. The number of hydrogen-bond acceptors (Lipinski definition) is 3. The van der Waals surface area contributed by atoms with Crippen molar-refractivity contribution in [2.75, 3.05) is 13.2 Å². The van der Waals surface area contributed by atoms with Crippen LogP contribution in [0.2, 0.25) is 0 Å². The van der Waals surface area contributed by atoms with Crippen molar-refractivity contribution in [3.63, 3.8) is 0 Å². The normalized spacial score (nSPS) is 15.8. The third kappa shape index (κ3) is 3.58. The summed E-state index contributed by atoms with van der Waals surface area (Å²) in [6, 6.07) is 18.2. The van der Waals surface area contributed by atoms with Crippen LogP contribution < -0.4 is 10.1 Å². The smallest absolute Gasteiger partial charge is 0.329 e. The van der Waals surface area contributed by atoms with Gasteiger partial charge >= 0.3 is 6.03 Å². The Bertz CT molecular complexity index is 726. The van der Waals surface area contributed by atoms with Gasteiger partial charge in [-0.1, -0.05) is 48.5 Å². The fourth-order valence-electron chi connectivity index (χ4n) is 2.26. The van der Waals surface area contributed by atoms with Gasteiger partial charge in [0, 0.05) is 0 Å². The number of imide groups is 1. The molecule has 3 amide bonds. The summed E-state index contributed by atoms with van der Waals surface area (Å²) in [6.07, 6.45) is 1.66. The maximum Gasteiger partial charge on any atom is 0.329 e. The zero-order valence-electron chi connectivity index (χ0n) is 12.4. The Morgan fingerprint density at radius 1 is 0.957 bits per heavy atom. The average molecular weight is 308 g/mol. The summed E-state index contributed by atoms with van der Waals surface area (Å²) in [5, 5.41) is 2.59. The first-order valence-electron chi connectivity index (χ1n) is 7.31. The molecule has 1 heterocycles. The van der Waals surface area contributed by atoms with E-state index in [0.717, 1.165) is 10.5 Å². The molecule has 0 unspecified atom stereocenters. The number of urea groups is 1. The first-order valence-corrected chi connectivity index (χ1v) is 7.31. The molecule has 2 aromatic rings. The van der Waals surface area contributed by atoms with Crippen molar-refractivity contribution in [2.45, 2.75) is 0 Å². The number of carbonyl (C=O) groups is 2. The summed E-state index contributed by atoms with van der Waals surface area (Å²) < 4.78 is 5.52. The van der Waals surface area contributed by atoms with Gasteiger partial charge in [-0.15, -0.1) is 0 Å². The van der Waals surface area contributed by atoms with E-state index < -0.39 is 6.03 Å². The number of nitrogens with one attached hydrogen (secondary N) is 1. The fraction of sp³-hybridized carbons (Fsp3) is 0.111. The van der Waals surface area contributed by atoms with Gasteiger partial charge < -0.3 is 10.1 Å². The lowest BCUT2D eigenvalue weighted by Crippen LogP contribution is -2.34. The molecule has 3 rings (SSSR count). The molecule has 5 nitrogen and oxygen atoms in total. The highest BCUT2D eigenvalue weighted by atomic mass is 16.5. The molecular formula is C18H16N2O3. The largest absolute Gasteiger partial charge is 0.492 e. The Kier molecular flexibility index (Phi) is 4.38. The van der Waals surface area contributed by atoms with E-state index in [9.17, 15) is 9.59 Å². The van der Waals surface area contributed by atoms with Gasteiger partial charge in [0.05, 0.1) is 6.54 Å². The van der Waals surface area contributed by atoms with Crippen molar-refractivity contribution in [3.8, 4) is 5.75 Å². The molecule has 0 bridgehead atoms. The van der Waals surface area contributed by atoms with E-state index in [-0.39, 0.29) is 24.8 Å². The lowest BCUT2D eigenvalue weighted by Gasteiger charge is -2.12. The molecule has 0 radical (unpaired) electrons. The molecule has 2 aromatic carbocycles. The Morgan fingerprint density at radius 3 is 2.30 bits per heavy atom. The van der Waals surface area contributed by atoms with Gasteiger partial charge in [-0.25, -0.2) is 4.79 Å². The zero-order chi connectivity index (χ0) is 16.1. The van der Waals surface area contributed by atoms with Crippen molar-refractivity contribution in [2.24, 2.45) is 0 Å². The number of amides is 3. The second kappa shape index (κ2) is 6.79. The highest BCUT2D eigenvalue weighted by Gasteiger charge is 2.33. The SMILES string of the molecule is O=C1N/C(=C\c2ccccc2)C(=O)N1CCOc1ccccc1. The van der Waals surface area contributed by atoms with Crippen LogP contribution in [0.25, 0.3) is 6.08 Å². The Morgan fingerprint density at radius 2 is 1.61 bits per heavy atom. The molecular weight excluding hydrogens is 292 g/mol. The molecule has 0 aliphatic carbocycles. The van der Waals surface area contributed by atoms with Crippen molar-refractivity contribution < 1.29 is 14.3 Å². The van der Waals surface area contributed by atoms with Crippen molar-refractivity contribution >= 4 is 18.0 Å². The molecule has 23 heavy (non-hydrogen) atoms. The number of para-hydroxylation sites is 1. The minimum absolute atomic E-state index is 0.200. The predicted octanol–water partition coefficient (Wildman–Crippen LogP) is 2.66. The van der Waals surface area contributed by atoms with Crippen LogP contribution in [0.5, 0.6) is 5.75 Å². The topological polar surface area (TPSA) is 58.6 Å². The highest BCUT2D eigenvalue weighted by molar-refractivity contribution is 6.13. The van der Waals surface area contributed by atoms with E-state index in [1.165, 1.54) is 0 Å². The lowest BCUT2D eigenvalue weighted by atomic mass is 10.2. The van der Waals surface area contributed by atoms with E-state index in [2.05, 4.69) is 5.32 Å². The first-order chi connectivity index (χ1) is 11.2.